The van der Waals surface area contributed by atoms with Crippen molar-refractivity contribution >= 4 is 35.2 Å². The predicted octanol–water partition coefficient (Wildman–Crippen LogP) is 3.79. The van der Waals surface area contributed by atoms with Crippen molar-refractivity contribution in [2.24, 2.45) is 0 Å². The van der Waals surface area contributed by atoms with Gasteiger partial charge in [0.05, 0.1) is 4.34 Å². The number of halogens is 1. The van der Waals surface area contributed by atoms with Crippen LogP contribution in [0.3, 0.4) is 0 Å². The van der Waals surface area contributed by atoms with Gasteiger partial charge in [0, 0.05) is 11.3 Å². The van der Waals surface area contributed by atoms with E-state index in [2.05, 4.69) is 17.1 Å². The molecule has 1 N–H and O–H groups in total. The smallest absolute Gasteiger partial charge is 0.284 e. The van der Waals surface area contributed by atoms with Crippen LogP contribution in [0.4, 0.5) is 0 Å². The standard InChI is InChI=1S/C9H9ClN2OS2/c1-5(6-2-3-7(10)15-6)4-8-11-12-9(14)13-8/h2-3,5H,4H2,1H3,(H,12,14). The number of hydrogen-bond donors (Lipinski definition) is 1. The first-order chi connectivity index (χ1) is 7.15. The molecule has 1 atom stereocenters. The minimum atomic E-state index is 0.321. The Morgan fingerprint density at radius 2 is 2.47 bits per heavy atom. The molecule has 0 aliphatic heterocycles. The Morgan fingerprint density at radius 1 is 1.67 bits per heavy atom. The van der Waals surface area contributed by atoms with Crippen LogP contribution in [0.25, 0.3) is 0 Å². The Morgan fingerprint density at radius 3 is 3.00 bits per heavy atom. The van der Waals surface area contributed by atoms with Gasteiger partial charge in [0.15, 0.2) is 0 Å². The maximum Gasteiger partial charge on any atom is 0.284 e. The van der Waals surface area contributed by atoms with E-state index < -0.39 is 0 Å². The van der Waals surface area contributed by atoms with Crippen LogP contribution in [0.5, 0.6) is 0 Å². The fourth-order valence-electron chi connectivity index (χ4n) is 1.30. The summed E-state index contributed by atoms with van der Waals surface area (Å²) < 4.78 is 6.01. The molecule has 0 saturated carbocycles. The Balaban J connectivity index is 2.10. The molecule has 0 spiro atoms. The highest BCUT2D eigenvalue weighted by Gasteiger charge is 2.12. The molecule has 0 bridgehead atoms. The molecule has 0 amide bonds. The van der Waals surface area contributed by atoms with Gasteiger partial charge < -0.3 is 4.42 Å². The van der Waals surface area contributed by atoms with Gasteiger partial charge in [0.1, 0.15) is 0 Å². The third-order valence-corrected chi connectivity index (χ3v) is 3.68. The van der Waals surface area contributed by atoms with Gasteiger partial charge in [-0.3, -0.25) is 0 Å². The number of H-pyrrole nitrogens is 1. The van der Waals surface area contributed by atoms with Gasteiger partial charge in [-0.25, -0.2) is 5.10 Å². The van der Waals surface area contributed by atoms with E-state index in [0.717, 1.165) is 10.8 Å². The van der Waals surface area contributed by atoms with E-state index in [1.807, 2.05) is 12.1 Å². The molecule has 6 heteroatoms. The van der Waals surface area contributed by atoms with E-state index in [9.17, 15) is 0 Å². The number of nitrogens with zero attached hydrogens (tertiary/aromatic N) is 1. The Kier molecular flexibility index (Phi) is 3.23. The molecule has 2 rings (SSSR count). The van der Waals surface area contributed by atoms with Crippen molar-refractivity contribution < 1.29 is 4.42 Å². The van der Waals surface area contributed by atoms with Crippen molar-refractivity contribution in [1.82, 2.24) is 10.2 Å². The zero-order valence-electron chi connectivity index (χ0n) is 7.99. The summed E-state index contributed by atoms with van der Waals surface area (Å²) >= 11 is 12.3. The average molecular weight is 261 g/mol. The lowest BCUT2D eigenvalue weighted by Crippen LogP contribution is -1.96. The molecule has 0 radical (unpaired) electrons. The quantitative estimate of drug-likeness (QED) is 0.854. The number of thiophene rings is 1. The topological polar surface area (TPSA) is 41.8 Å². The molecule has 0 fully saturated rings. The summed E-state index contributed by atoms with van der Waals surface area (Å²) in [4.78, 5) is 1.55. The van der Waals surface area contributed by atoms with Crippen molar-refractivity contribution in [3.8, 4) is 0 Å². The second-order valence-electron chi connectivity index (χ2n) is 3.25. The molecule has 1 unspecified atom stereocenters. The number of nitrogens with one attached hydrogen (secondary N) is 1. The van der Waals surface area contributed by atoms with Crippen LogP contribution in [0.15, 0.2) is 16.5 Å². The Hall–Kier alpha value is -0.650. The molecule has 2 heterocycles. The highest BCUT2D eigenvalue weighted by molar-refractivity contribution is 7.71. The monoisotopic (exact) mass is 260 g/mol. The largest absolute Gasteiger partial charge is 0.414 e. The van der Waals surface area contributed by atoms with E-state index in [-0.39, 0.29) is 0 Å². The summed E-state index contributed by atoms with van der Waals surface area (Å²) in [5, 5.41) is 6.57. The number of aromatic amines is 1. The summed E-state index contributed by atoms with van der Waals surface area (Å²) in [7, 11) is 0. The van der Waals surface area contributed by atoms with Gasteiger partial charge in [-0.2, -0.15) is 0 Å². The van der Waals surface area contributed by atoms with Gasteiger partial charge in [0.25, 0.3) is 4.84 Å². The molecular weight excluding hydrogens is 252 g/mol. The van der Waals surface area contributed by atoms with Crippen LogP contribution in [-0.2, 0) is 6.42 Å². The van der Waals surface area contributed by atoms with Crippen LogP contribution < -0.4 is 0 Å². The van der Waals surface area contributed by atoms with Crippen LogP contribution in [0.1, 0.15) is 23.6 Å². The molecule has 3 nitrogen and oxygen atoms in total. The zero-order valence-corrected chi connectivity index (χ0v) is 10.4. The maximum atomic E-state index is 5.87. The van der Waals surface area contributed by atoms with E-state index in [0.29, 0.717) is 16.6 Å². The molecule has 15 heavy (non-hydrogen) atoms. The lowest BCUT2D eigenvalue weighted by molar-refractivity contribution is 0.467. The number of rotatable bonds is 3. The summed E-state index contributed by atoms with van der Waals surface area (Å²) in [5.41, 5.74) is 0. The van der Waals surface area contributed by atoms with Crippen LogP contribution >= 0.6 is 35.2 Å². The fourth-order valence-corrected chi connectivity index (χ4v) is 2.56. The van der Waals surface area contributed by atoms with Crippen LogP contribution in [-0.4, -0.2) is 10.2 Å². The second kappa shape index (κ2) is 4.47. The van der Waals surface area contributed by atoms with Gasteiger partial charge >= 0.3 is 0 Å². The number of hydrogen-bond acceptors (Lipinski definition) is 4. The SMILES string of the molecule is CC(Cc1n[nH]c(=S)o1)c1ccc(Cl)s1. The third kappa shape index (κ3) is 2.68. The Labute approximate surface area is 101 Å². The number of aromatic nitrogens is 2. The first-order valence-electron chi connectivity index (χ1n) is 4.45. The van der Waals surface area contributed by atoms with E-state index >= 15 is 0 Å². The van der Waals surface area contributed by atoms with E-state index in [4.69, 9.17) is 28.2 Å². The lowest BCUT2D eigenvalue weighted by atomic mass is 10.1. The van der Waals surface area contributed by atoms with Gasteiger partial charge in [-0.1, -0.05) is 18.5 Å². The van der Waals surface area contributed by atoms with Gasteiger partial charge in [-0.05, 0) is 30.3 Å². The minimum Gasteiger partial charge on any atom is -0.414 e. The average Bonchev–Trinajstić information content (AvgIpc) is 2.75. The van der Waals surface area contributed by atoms with Gasteiger partial charge in [0.2, 0.25) is 5.89 Å². The second-order valence-corrected chi connectivity index (χ2v) is 5.37. The van der Waals surface area contributed by atoms with E-state index in [1.165, 1.54) is 4.88 Å². The highest BCUT2D eigenvalue weighted by Crippen LogP contribution is 2.29. The fraction of sp³-hybridized carbons (Fsp3) is 0.333. The van der Waals surface area contributed by atoms with Crippen molar-refractivity contribution in [2.45, 2.75) is 19.3 Å². The molecule has 0 aliphatic carbocycles. The molecule has 0 aromatic carbocycles. The predicted molar refractivity (Wildman–Crippen MR) is 63.1 cm³/mol. The molecule has 2 aromatic rings. The molecule has 2 aromatic heterocycles. The highest BCUT2D eigenvalue weighted by atomic mass is 35.5. The summed E-state index contributed by atoms with van der Waals surface area (Å²) in [6.07, 6.45) is 0.726. The molecule has 0 aliphatic rings. The molecule has 80 valence electrons. The van der Waals surface area contributed by atoms with Crippen molar-refractivity contribution in [1.29, 1.82) is 0 Å². The summed E-state index contributed by atoms with van der Waals surface area (Å²) in [6.45, 7) is 2.11. The third-order valence-electron chi connectivity index (χ3n) is 2.04. The first-order valence-corrected chi connectivity index (χ1v) is 6.05. The normalized spacial score (nSPS) is 12.9. The van der Waals surface area contributed by atoms with Crippen LogP contribution in [0.2, 0.25) is 4.34 Å². The first kappa shape index (κ1) is 10.9. The van der Waals surface area contributed by atoms with Crippen LogP contribution in [0, 0.1) is 4.84 Å². The summed E-state index contributed by atoms with van der Waals surface area (Å²) in [6, 6.07) is 3.93. The van der Waals surface area contributed by atoms with Gasteiger partial charge in [-0.15, -0.1) is 16.4 Å². The lowest BCUT2D eigenvalue weighted by Gasteiger charge is -2.04. The van der Waals surface area contributed by atoms with Crippen molar-refractivity contribution in [3.05, 3.63) is 32.1 Å². The molecule has 0 saturated heterocycles. The molecular formula is C9H9ClN2OS2. The van der Waals surface area contributed by atoms with E-state index in [1.54, 1.807) is 11.3 Å². The Bertz CT molecular complexity index is 502. The van der Waals surface area contributed by atoms with Crippen molar-refractivity contribution in [3.63, 3.8) is 0 Å². The maximum absolute atomic E-state index is 5.87. The minimum absolute atomic E-state index is 0.321. The zero-order chi connectivity index (χ0) is 10.8. The summed E-state index contributed by atoms with van der Waals surface area (Å²) in [5.74, 6) is 0.973. The van der Waals surface area contributed by atoms with Crippen molar-refractivity contribution in [2.75, 3.05) is 0 Å².